The van der Waals surface area contributed by atoms with Crippen molar-refractivity contribution in [3.63, 3.8) is 0 Å². The third-order valence-electron chi connectivity index (χ3n) is 8.92. The lowest BCUT2D eigenvalue weighted by molar-refractivity contribution is -0.125. The van der Waals surface area contributed by atoms with E-state index in [-0.39, 0.29) is 30.7 Å². The number of amidine groups is 1. The van der Waals surface area contributed by atoms with Gasteiger partial charge < -0.3 is 10.6 Å². The molecule has 0 bridgehead atoms. The Kier molecular flexibility index (Phi) is 7.12. The molecular formula is C28H39N5O5S. The summed E-state index contributed by atoms with van der Waals surface area (Å²) in [4.78, 5) is 43.9. The minimum atomic E-state index is -3.54. The number of sulfonamides is 1. The summed E-state index contributed by atoms with van der Waals surface area (Å²) in [5, 5.41) is 5.70. The molecule has 39 heavy (non-hydrogen) atoms. The number of urea groups is 1. The van der Waals surface area contributed by atoms with Gasteiger partial charge in [0, 0.05) is 19.0 Å². The van der Waals surface area contributed by atoms with E-state index in [4.69, 9.17) is 4.99 Å². The zero-order valence-corrected chi connectivity index (χ0v) is 24.1. The molecule has 5 rings (SSSR count). The van der Waals surface area contributed by atoms with Gasteiger partial charge in [0.2, 0.25) is 10.0 Å². The number of carbonyl (C=O) groups is 3. The molecule has 212 valence electrons. The second-order valence-electron chi connectivity index (χ2n) is 12.2. The van der Waals surface area contributed by atoms with Gasteiger partial charge in [0.25, 0.3) is 11.8 Å². The van der Waals surface area contributed by atoms with Crippen molar-refractivity contribution in [2.24, 2.45) is 16.8 Å². The van der Waals surface area contributed by atoms with Crippen molar-refractivity contribution >= 4 is 39.4 Å². The summed E-state index contributed by atoms with van der Waals surface area (Å²) < 4.78 is 27.9. The second-order valence-corrected chi connectivity index (χ2v) is 14.3. The van der Waals surface area contributed by atoms with Crippen molar-refractivity contribution in [2.45, 2.75) is 83.7 Å². The molecule has 1 aromatic rings. The molecule has 4 amide bonds. The number of nitrogens with zero attached hydrogens (tertiary/aromatic N) is 3. The predicted molar refractivity (Wildman–Crippen MR) is 149 cm³/mol. The smallest absolute Gasteiger partial charge is 0.323 e. The van der Waals surface area contributed by atoms with E-state index in [1.165, 1.54) is 4.31 Å². The van der Waals surface area contributed by atoms with Crippen LogP contribution in [0.25, 0.3) is 0 Å². The number of amides is 4. The first-order valence-electron chi connectivity index (χ1n) is 14.0. The van der Waals surface area contributed by atoms with Gasteiger partial charge in [-0.05, 0) is 82.1 Å². The summed E-state index contributed by atoms with van der Waals surface area (Å²) in [5.41, 5.74) is 0.308. The third-order valence-corrected chi connectivity index (χ3v) is 10.8. The summed E-state index contributed by atoms with van der Waals surface area (Å²) in [6.45, 7) is 7.96. The highest BCUT2D eigenvalue weighted by molar-refractivity contribution is 7.89. The van der Waals surface area contributed by atoms with Crippen LogP contribution in [0.2, 0.25) is 0 Å². The van der Waals surface area contributed by atoms with Crippen LogP contribution < -0.4 is 15.5 Å². The molecular weight excluding hydrogens is 518 g/mol. The molecule has 10 nitrogen and oxygen atoms in total. The lowest BCUT2D eigenvalue weighted by Crippen LogP contribution is -2.51. The van der Waals surface area contributed by atoms with Crippen LogP contribution in [0.4, 0.5) is 10.5 Å². The maximum Gasteiger partial charge on any atom is 0.329 e. The SMILES string of the molecule is Cc1cc(N2C(=O)NC(C)(C)C2=O)ccc1CCS(=O)(=O)N1CCC2(CC1)N=C(C1CCC(C)CC1)NC2=O. The summed E-state index contributed by atoms with van der Waals surface area (Å²) in [5.74, 6) is 1.34. The Morgan fingerprint density at radius 1 is 1.05 bits per heavy atom. The van der Waals surface area contributed by atoms with Gasteiger partial charge in [0.1, 0.15) is 16.9 Å². The number of aryl methyl sites for hydroxylation is 2. The van der Waals surface area contributed by atoms with Crippen LogP contribution in [-0.4, -0.2) is 66.3 Å². The van der Waals surface area contributed by atoms with Crippen molar-refractivity contribution in [1.82, 2.24) is 14.9 Å². The number of aliphatic imine (C=N–C) groups is 1. The molecule has 1 aromatic carbocycles. The summed E-state index contributed by atoms with van der Waals surface area (Å²) in [6, 6.07) is 4.73. The summed E-state index contributed by atoms with van der Waals surface area (Å²) in [7, 11) is -3.54. The highest BCUT2D eigenvalue weighted by Crippen LogP contribution is 2.36. The van der Waals surface area contributed by atoms with E-state index in [9.17, 15) is 22.8 Å². The van der Waals surface area contributed by atoms with Crippen molar-refractivity contribution < 1.29 is 22.8 Å². The average Bonchev–Trinajstić information content (AvgIpc) is 3.29. The molecule has 3 fully saturated rings. The number of piperidine rings is 1. The first kappa shape index (κ1) is 27.8. The Balaban J connectivity index is 1.20. The topological polar surface area (TPSA) is 128 Å². The van der Waals surface area contributed by atoms with Gasteiger partial charge in [-0.2, -0.15) is 0 Å². The van der Waals surface area contributed by atoms with Crippen LogP contribution in [0, 0.1) is 18.8 Å². The minimum absolute atomic E-state index is 0.0582. The van der Waals surface area contributed by atoms with Crippen LogP contribution in [0.3, 0.4) is 0 Å². The van der Waals surface area contributed by atoms with E-state index in [1.54, 1.807) is 32.0 Å². The fraction of sp³-hybridized carbons (Fsp3) is 0.643. The van der Waals surface area contributed by atoms with Gasteiger partial charge in [0.05, 0.1) is 11.4 Å². The van der Waals surface area contributed by atoms with E-state index in [0.29, 0.717) is 36.8 Å². The minimum Gasteiger partial charge on any atom is -0.323 e. The molecule has 1 saturated carbocycles. The molecule has 2 saturated heterocycles. The normalized spacial score (nSPS) is 27.0. The van der Waals surface area contributed by atoms with Crippen LogP contribution in [0.5, 0.6) is 0 Å². The number of nitrogens with one attached hydrogen (secondary N) is 2. The molecule has 1 spiro atoms. The number of benzene rings is 1. The molecule has 1 aliphatic carbocycles. The number of rotatable bonds is 6. The molecule has 0 unspecified atom stereocenters. The van der Waals surface area contributed by atoms with Crippen molar-refractivity contribution in [2.75, 3.05) is 23.7 Å². The van der Waals surface area contributed by atoms with E-state index in [1.807, 2.05) is 6.92 Å². The zero-order valence-electron chi connectivity index (χ0n) is 23.2. The third kappa shape index (κ3) is 5.23. The van der Waals surface area contributed by atoms with Crippen molar-refractivity contribution in [3.05, 3.63) is 29.3 Å². The van der Waals surface area contributed by atoms with E-state index in [0.717, 1.165) is 47.5 Å². The molecule has 3 heterocycles. The van der Waals surface area contributed by atoms with Crippen LogP contribution in [-0.2, 0) is 26.0 Å². The largest absolute Gasteiger partial charge is 0.329 e. The van der Waals surface area contributed by atoms with Crippen LogP contribution in [0.1, 0.15) is 70.4 Å². The number of hydrogen-bond acceptors (Lipinski definition) is 6. The highest BCUT2D eigenvalue weighted by atomic mass is 32.2. The Morgan fingerprint density at radius 3 is 2.31 bits per heavy atom. The standard InChI is InChI=1S/C28H39N5O5S/c1-18-5-7-21(8-6-18)23-29-24(34)28(30-23)12-14-32(15-13-28)39(37,38)16-11-20-9-10-22(17-19(20)2)33-25(35)27(3,4)31-26(33)36/h9-10,17-18,21H,5-8,11-16H2,1-4H3,(H,31,36)(H,29,30,34). The molecule has 2 N–H and O–H groups in total. The lowest BCUT2D eigenvalue weighted by atomic mass is 9.82. The predicted octanol–water partition coefficient (Wildman–Crippen LogP) is 2.89. The molecule has 3 aliphatic heterocycles. The maximum atomic E-state index is 13.2. The Morgan fingerprint density at radius 2 is 1.72 bits per heavy atom. The summed E-state index contributed by atoms with van der Waals surface area (Å²) in [6.07, 6.45) is 5.45. The second kappa shape index (κ2) is 9.99. The first-order valence-corrected chi connectivity index (χ1v) is 15.6. The van der Waals surface area contributed by atoms with Gasteiger partial charge in [-0.25, -0.2) is 22.4 Å². The number of hydrogen-bond donors (Lipinski definition) is 2. The monoisotopic (exact) mass is 557 g/mol. The van der Waals surface area contributed by atoms with E-state index < -0.39 is 27.1 Å². The molecule has 0 atom stereocenters. The fourth-order valence-electron chi connectivity index (χ4n) is 6.19. The van der Waals surface area contributed by atoms with Crippen molar-refractivity contribution in [3.8, 4) is 0 Å². The van der Waals surface area contributed by atoms with Crippen LogP contribution in [0.15, 0.2) is 23.2 Å². The number of anilines is 1. The van der Waals surface area contributed by atoms with Gasteiger partial charge in [0.15, 0.2) is 0 Å². The van der Waals surface area contributed by atoms with E-state index >= 15 is 0 Å². The molecule has 11 heteroatoms. The first-order chi connectivity index (χ1) is 18.3. The molecule has 0 radical (unpaired) electrons. The quantitative estimate of drug-likeness (QED) is 0.520. The average molecular weight is 558 g/mol. The Bertz CT molecular complexity index is 1320. The molecule has 4 aliphatic rings. The fourth-order valence-corrected chi connectivity index (χ4v) is 7.67. The zero-order chi connectivity index (χ0) is 28.2. The molecule has 0 aromatic heterocycles. The number of carbonyl (C=O) groups excluding carboxylic acids is 3. The van der Waals surface area contributed by atoms with Gasteiger partial charge in [-0.1, -0.05) is 25.8 Å². The Labute approximate surface area is 230 Å². The van der Waals surface area contributed by atoms with Gasteiger partial charge in [-0.15, -0.1) is 0 Å². The van der Waals surface area contributed by atoms with E-state index in [2.05, 4.69) is 17.6 Å². The number of imide groups is 1. The lowest BCUT2D eigenvalue weighted by Gasteiger charge is -2.34. The van der Waals surface area contributed by atoms with Gasteiger partial charge in [-0.3, -0.25) is 14.6 Å². The maximum absolute atomic E-state index is 13.2. The van der Waals surface area contributed by atoms with Gasteiger partial charge >= 0.3 is 6.03 Å². The Hall–Kier alpha value is -2.79. The van der Waals surface area contributed by atoms with Crippen LogP contribution >= 0.6 is 0 Å². The van der Waals surface area contributed by atoms with Crippen molar-refractivity contribution in [1.29, 1.82) is 0 Å². The highest BCUT2D eigenvalue weighted by Gasteiger charge is 2.48. The summed E-state index contributed by atoms with van der Waals surface area (Å²) >= 11 is 0.